The first kappa shape index (κ1) is 23.6. The van der Waals surface area contributed by atoms with E-state index in [4.69, 9.17) is 20.8 Å². The molecule has 2 heterocycles. The van der Waals surface area contributed by atoms with Crippen molar-refractivity contribution in [3.8, 4) is 0 Å². The highest BCUT2D eigenvalue weighted by molar-refractivity contribution is 6.30. The molecule has 2 aromatic rings. The fourth-order valence-electron chi connectivity index (χ4n) is 3.75. The number of halogens is 1. The molecule has 1 aliphatic heterocycles. The van der Waals surface area contributed by atoms with Crippen molar-refractivity contribution in [1.82, 2.24) is 20.5 Å². The highest BCUT2D eigenvalue weighted by atomic mass is 35.5. The molecule has 0 radical (unpaired) electrons. The van der Waals surface area contributed by atoms with E-state index in [1.54, 1.807) is 0 Å². The molecule has 1 unspecified atom stereocenters. The summed E-state index contributed by atoms with van der Waals surface area (Å²) in [4.78, 5) is 11.5. The third-order valence-electron chi connectivity index (χ3n) is 5.40. The maximum absolute atomic E-state index is 6.14. The van der Waals surface area contributed by atoms with Crippen LogP contribution in [-0.4, -0.2) is 54.2 Å². The van der Waals surface area contributed by atoms with Gasteiger partial charge in [0, 0.05) is 31.2 Å². The predicted molar refractivity (Wildman–Crippen MR) is 125 cm³/mol. The minimum atomic E-state index is -0.178. The number of aliphatic imine (C=N–C) groups is 1. The molecule has 0 amide bonds. The number of benzene rings is 1. The lowest BCUT2D eigenvalue weighted by Gasteiger charge is -2.42. The molecule has 7 nitrogen and oxygen atoms in total. The second-order valence-corrected chi connectivity index (χ2v) is 8.91. The summed E-state index contributed by atoms with van der Waals surface area (Å²) in [6.07, 6.45) is 0. The summed E-state index contributed by atoms with van der Waals surface area (Å²) in [5, 5.41) is 7.56. The van der Waals surface area contributed by atoms with Crippen molar-refractivity contribution in [2.75, 3.05) is 32.8 Å². The lowest BCUT2D eigenvalue weighted by Crippen LogP contribution is -2.52. The molecule has 8 heteroatoms. The van der Waals surface area contributed by atoms with Crippen LogP contribution in [0.4, 0.5) is 0 Å². The van der Waals surface area contributed by atoms with Gasteiger partial charge in [-0.25, -0.2) is 9.98 Å². The molecule has 0 bridgehead atoms. The van der Waals surface area contributed by atoms with Gasteiger partial charge in [0.2, 0.25) is 5.89 Å². The normalized spacial score (nSPS) is 18.1. The number of hydrogen-bond acceptors (Lipinski definition) is 5. The van der Waals surface area contributed by atoms with Crippen molar-refractivity contribution < 1.29 is 9.15 Å². The van der Waals surface area contributed by atoms with Crippen molar-refractivity contribution >= 4 is 17.6 Å². The van der Waals surface area contributed by atoms with Gasteiger partial charge in [0.15, 0.2) is 5.96 Å². The second kappa shape index (κ2) is 10.5. The molecule has 0 saturated carbocycles. The molecule has 1 aromatic heterocycles. The van der Waals surface area contributed by atoms with Crippen LogP contribution in [0, 0.1) is 13.8 Å². The summed E-state index contributed by atoms with van der Waals surface area (Å²) >= 11 is 6.14. The van der Waals surface area contributed by atoms with Gasteiger partial charge in [-0.15, -0.1) is 0 Å². The van der Waals surface area contributed by atoms with E-state index in [1.165, 1.54) is 5.56 Å². The number of aromatic nitrogens is 1. The minimum absolute atomic E-state index is 0.163. The van der Waals surface area contributed by atoms with Crippen LogP contribution < -0.4 is 10.6 Å². The monoisotopic (exact) mass is 447 g/mol. The second-order valence-electron chi connectivity index (χ2n) is 8.47. The number of morpholine rings is 1. The Kier molecular flexibility index (Phi) is 7.97. The molecule has 1 fully saturated rings. The van der Waals surface area contributed by atoms with E-state index in [1.807, 2.05) is 26.0 Å². The fraction of sp³-hybridized carbons (Fsp3) is 0.565. The molecule has 1 saturated heterocycles. The molecule has 0 spiro atoms. The number of nitrogens with zero attached hydrogens (tertiary/aromatic N) is 3. The SMILES string of the molecule is CCNC(=NCc1nc(C)c(C)o1)NCC(c1ccc(Cl)cc1)N1CCOC(C)(C)C1. The van der Waals surface area contributed by atoms with Gasteiger partial charge in [-0.3, -0.25) is 4.90 Å². The van der Waals surface area contributed by atoms with Crippen molar-refractivity contribution in [3.63, 3.8) is 0 Å². The number of oxazole rings is 1. The number of guanidine groups is 1. The third-order valence-corrected chi connectivity index (χ3v) is 5.66. The van der Waals surface area contributed by atoms with Gasteiger partial charge in [0.25, 0.3) is 0 Å². The smallest absolute Gasteiger partial charge is 0.216 e. The van der Waals surface area contributed by atoms with E-state index < -0.39 is 0 Å². The van der Waals surface area contributed by atoms with Crippen LogP contribution in [0.1, 0.15) is 49.7 Å². The van der Waals surface area contributed by atoms with Crippen molar-refractivity contribution in [3.05, 3.63) is 52.2 Å². The van der Waals surface area contributed by atoms with Crippen LogP contribution in [-0.2, 0) is 11.3 Å². The zero-order valence-corrected chi connectivity index (χ0v) is 19.9. The average molecular weight is 448 g/mol. The van der Waals surface area contributed by atoms with Crippen LogP contribution in [0.2, 0.25) is 5.02 Å². The number of nitrogens with one attached hydrogen (secondary N) is 2. The van der Waals surface area contributed by atoms with Crippen LogP contribution >= 0.6 is 11.6 Å². The Morgan fingerprint density at radius 2 is 2.00 bits per heavy atom. The zero-order valence-electron chi connectivity index (χ0n) is 19.2. The van der Waals surface area contributed by atoms with Gasteiger partial charge >= 0.3 is 0 Å². The molecule has 3 rings (SSSR count). The van der Waals surface area contributed by atoms with Gasteiger partial charge in [-0.05, 0) is 52.3 Å². The highest BCUT2D eigenvalue weighted by Gasteiger charge is 2.32. The topological polar surface area (TPSA) is 74.9 Å². The first-order valence-electron chi connectivity index (χ1n) is 10.9. The van der Waals surface area contributed by atoms with Crippen LogP contribution in [0.3, 0.4) is 0 Å². The third kappa shape index (κ3) is 6.69. The fourth-order valence-corrected chi connectivity index (χ4v) is 3.88. The minimum Gasteiger partial charge on any atom is -0.444 e. The van der Waals surface area contributed by atoms with E-state index in [9.17, 15) is 0 Å². The molecule has 1 aliphatic rings. The lowest BCUT2D eigenvalue weighted by molar-refractivity contribution is -0.0971. The Bertz CT molecular complexity index is 859. The van der Waals surface area contributed by atoms with Gasteiger partial charge in [-0.1, -0.05) is 23.7 Å². The Labute approximate surface area is 190 Å². The first-order chi connectivity index (χ1) is 14.8. The number of hydrogen-bond donors (Lipinski definition) is 2. The van der Waals surface area contributed by atoms with Crippen molar-refractivity contribution in [2.45, 2.75) is 52.8 Å². The molecule has 0 aliphatic carbocycles. The number of aryl methyl sites for hydroxylation is 2. The summed E-state index contributed by atoms with van der Waals surface area (Å²) in [6.45, 7) is 14.5. The van der Waals surface area contributed by atoms with Crippen LogP contribution in [0.15, 0.2) is 33.7 Å². The Hall–Kier alpha value is -2.09. The van der Waals surface area contributed by atoms with Crippen LogP contribution in [0.5, 0.6) is 0 Å². The molecule has 31 heavy (non-hydrogen) atoms. The van der Waals surface area contributed by atoms with E-state index in [0.717, 1.165) is 42.1 Å². The molecular formula is C23H34ClN5O2. The van der Waals surface area contributed by atoms with E-state index in [2.05, 4.69) is 58.4 Å². The van der Waals surface area contributed by atoms with Gasteiger partial charge in [0.1, 0.15) is 12.3 Å². The largest absolute Gasteiger partial charge is 0.444 e. The van der Waals surface area contributed by atoms with Crippen molar-refractivity contribution in [1.29, 1.82) is 0 Å². The number of ether oxygens (including phenoxy) is 1. The Morgan fingerprint density at radius 3 is 2.61 bits per heavy atom. The molecule has 170 valence electrons. The van der Waals surface area contributed by atoms with Crippen molar-refractivity contribution in [2.24, 2.45) is 4.99 Å². The lowest BCUT2D eigenvalue weighted by atomic mass is 10.0. The molecule has 1 atom stereocenters. The molecule has 1 aromatic carbocycles. The average Bonchev–Trinajstić information content (AvgIpc) is 3.04. The zero-order chi connectivity index (χ0) is 22.4. The highest BCUT2D eigenvalue weighted by Crippen LogP contribution is 2.27. The summed E-state index contributed by atoms with van der Waals surface area (Å²) in [5.74, 6) is 2.19. The van der Waals surface area contributed by atoms with Gasteiger partial charge < -0.3 is 19.8 Å². The number of rotatable bonds is 7. The van der Waals surface area contributed by atoms with Crippen LogP contribution in [0.25, 0.3) is 0 Å². The maximum Gasteiger partial charge on any atom is 0.216 e. The molecular weight excluding hydrogens is 414 g/mol. The first-order valence-corrected chi connectivity index (χ1v) is 11.2. The van der Waals surface area contributed by atoms with E-state index in [-0.39, 0.29) is 11.6 Å². The Balaban J connectivity index is 1.75. The summed E-state index contributed by atoms with van der Waals surface area (Å²) < 4.78 is 11.6. The Morgan fingerprint density at radius 1 is 1.26 bits per heavy atom. The summed E-state index contributed by atoms with van der Waals surface area (Å²) in [5.41, 5.74) is 1.94. The van der Waals surface area contributed by atoms with Gasteiger partial charge in [0.05, 0.1) is 23.9 Å². The van der Waals surface area contributed by atoms with Gasteiger partial charge in [-0.2, -0.15) is 0 Å². The summed E-state index contributed by atoms with van der Waals surface area (Å²) in [7, 11) is 0. The van der Waals surface area contributed by atoms with E-state index in [0.29, 0.717) is 25.6 Å². The van der Waals surface area contributed by atoms with E-state index >= 15 is 0 Å². The quantitative estimate of drug-likeness (QED) is 0.496. The summed E-state index contributed by atoms with van der Waals surface area (Å²) in [6, 6.07) is 8.25. The predicted octanol–water partition coefficient (Wildman–Crippen LogP) is 3.85. The molecule has 2 N–H and O–H groups in total. The standard InChI is InChI=1S/C23H34ClN5O2/c1-6-25-22(27-14-21-28-16(2)17(3)31-21)26-13-20(18-7-9-19(24)10-8-18)29-11-12-30-23(4,5)15-29/h7-10,20H,6,11-15H2,1-5H3,(H2,25,26,27). The maximum atomic E-state index is 6.14.